The summed E-state index contributed by atoms with van der Waals surface area (Å²) in [4.78, 5) is 12.6. The van der Waals surface area contributed by atoms with Gasteiger partial charge in [0, 0.05) is 10.0 Å². The van der Waals surface area contributed by atoms with E-state index in [4.69, 9.17) is 0 Å². The van der Waals surface area contributed by atoms with Gasteiger partial charge < -0.3 is 0 Å². The summed E-state index contributed by atoms with van der Waals surface area (Å²) in [5.74, 6) is 0.0703. The highest BCUT2D eigenvalue weighted by molar-refractivity contribution is 9.11. The van der Waals surface area contributed by atoms with Crippen molar-refractivity contribution < 1.29 is 4.79 Å². The Morgan fingerprint density at radius 1 is 1.14 bits per heavy atom. The van der Waals surface area contributed by atoms with Crippen LogP contribution in [0.2, 0.25) is 0 Å². The number of carbonyl (C=O) groups is 1. The Labute approximate surface area is 132 Å². The maximum atomic E-state index is 12.6. The van der Waals surface area contributed by atoms with Gasteiger partial charge in [-0.15, -0.1) is 0 Å². The second-order valence-corrected chi connectivity index (χ2v) is 6.10. The van der Waals surface area contributed by atoms with Crippen LogP contribution in [0.1, 0.15) is 23.7 Å². The molecule has 0 aromatic heterocycles. The highest BCUT2D eigenvalue weighted by Gasteiger charge is 2.11. The van der Waals surface area contributed by atoms with Crippen LogP contribution in [-0.4, -0.2) is 5.78 Å². The molecule has 1 aliphatic carbocycles. The lowest BCUT2D eigenvalue weighted by Gasteiger charge is -2.11. The van der Waals surface area contributed by atoms with E-state index in [1.807, 2.05) is 55.5 Å². The number of halogens is 1. The summed E-state index contributed by atoms with van der Waals surface area (Å²) in [6.07, 6.45) is 6.68. The molecule has 0 fully saturated rings. The van der Waals surface area contributed by atoms with Crippen molar-refractivity contribution >= 4 is 32.5 Å². The Kier molecular flexibility index (Phi) is 3.89. The molecule has 2 heteroatoms. The number of ketones is 1. The van der Waals surface area contributed by atoms with Crippen molar-refractivity contribution in [3.63, 3.8) is 0 Å². The molecule has 21 heavy (non-hydrogen) atoms. The number of fused-ring (bicyclic) bond motifs is 1. The van der Waals surface area contributed by atoms with Crippen molar-refractivity contribution in [2.75, 3.05) is 0 Å². The van der Waals surface area contributed by atoms with Crippen molar-refractivity contribution in [1.29, 1.82) is 0 Å². The van der Waals surface area contributed by atoms with Crippen molar-refractivity contribution in [2.24, 2.45) is 0 Å². The van der Waals surface area contributed by atoms with Gasteiger partial charge >= 0.3 is 0 Å². The quantitative estimate of drug-likeness (QED) is 0.516. The molecular formula is C19H15BrO. The largest absolute Gasteiger partial charge is 0.289 e. The zero-order valence-electron chi connectivity index (χ0n) is 11.8. The third-order valence-corrected chi connectivity index (χ3v) is 4.29. The van der Waals surface area contributed by atoms with E-state index in [0.717, 1.165) is 38.4 Å². The van der Waals surface area contributed by atoms with Crippen LogP contribution in [0.5, 0.6) is 0 Å². The lowest BCUT2D eigenvalue weighted by molar-refractivity contribution is 0.104. The van der Waals surface area contributed by atoms with Crippen LogP contribution in [0.25, 0.3) is 10.8 Å². The molecule has 3 rings (SSSR count). The minimum atomic E-state index is 0.0703. The van der Waals surface area contributed by atoms with Gasteiger partial charge in [-0.2, -0.15) is 0 Å². The summed E-state index contributed by atoms with van der Waals surface area (Å²) >= 11 is 3.47. The average molecular weight is 339 g/mol. The Hall–Kier alpha value is -1.93. The second kappa shape index (κ2) is 5.82. The first kappa shape index (κ1) is 14.0. The third-order valence-electron chi connectivity index (χ3n) is 3.74. The van der Waals surface area contributed by atoms with Gasteiger partial charge in [-0.25, -0.2) is 0 Å². The van der Waals surface area contributed by atoms with Crippen LogP contribution in [0.15, 0.2) is 76.3 Å². The molecule has 1 aliphatic rings. The molecule has 0 saturated carbocycles. The molecule has 104 valence electrons. The molecule has 0 heterocycles. The van der Waals surface area contributed by atoms with Gasteiger partial charge in [0.2, 0.25) is 0 Å². The van der Waals surface area contributed by atoms with E-state index in [9.17, 15) is 4.79 Å². The Morgan fingerprint density at radius 3 is 2.71 bits per heavy atom. The fraction of sp³-hybridized carbons (Fsp3) is 0.105. The molecule has 1 nitrogen and oxygen atoms in total. The lowest BCUT2D eigenvalue weighted by atomic mass is 9.95. The molecule has 2 aromatic rings. The molecule has 0 saturated heterocycles. The molecule has 2 aromatic carbocycles. The van der Waals surface area contributed by atoms with Crippen molar-refractivity contribution in [2.45, 2.75) is 13.3 Å². The number of allylic oxidation sites excluding steroid dienone is 6. The van der Waals surface area contributed by atoms with Gasteiger partial charge in [0.25, 0.3) is 0 Å². The highest BCUT2D eigenvalue weighted by Crippen LogP contribution is 2.27. The van der Waals surface area contributed by atoms with Crippen LogP contribution in [0.3, 0.4) is 0 Å². The Morgan fingerprint density at radius 2 is 1.90 bits per heavy atom. The van der Waals surface area contributed by atoms with Crippen LogP contribution in [0, 0.1) is 0 Å². The van der Waals surface area contributed by atoms with Crippen LogP contribution >= 0.6 is 15.9 Å². The minimum Gasteiger partial charge on any atom is -0.289 e. The predicted molar refractivity (Wildman–Crippen MR) is 91.7 cm³/mol. The average Bonchev–Trinajstić information content (AvgIpc) is 2.49. The number of benzene rings is 2. The molecule has 0 atom stereocenters. The lowest BCUT2D eigenvalue weighted by Crippen LogP contribution is -2.00. The van der Waals surface area contributed by atoms with E-state index < -0.39 is 0 Å². The van der Waals surface area contributed by atoms with Gasteiger partial charge in [-0.1, -0.05) is 64.5 Å². The summed E-state index contributed by atoms with van der Waals surface area (Å²) in [6.45, 7) is 2.04. The maximum absolute atomic E-state index is 12.6. The molecule has 0 N–H and O–H groups in total. The van der Waals surface area contributed by atoms with Gasteiger partial charge in [-0.3, -0.25) is 4.79 Å². The monoisotopic (exact) mass is 338 g/mol. The van der Waals surface area contributed by atoms with Crippen LogP contribution in [0.4, 0.5) is 0 Å². The maximum Gasteiger partial charge on any atom is 0.186 e. The van der Waals surface area contributed by atoms with E-state index in [1.165, 1.54) is 0 Å². The van der Waals surface area contributed by atoms with Crippen molar-refractivity contribution in [3.05, 3.63) is 81.9 Å². The Bertz CT molecular complexity index is 804. The summed E-state index contributed by atoms with van der Waals surface area (Å²) < 4.78 is 1.08. The molecule has 0 bridgehead atoms. The van der Waals surface area contributed by atoms with Crippen molar-refractivity contribution in [3.8, 4) is 0 Å². The standard InChI is InChI=1S/C19H15BrO/c1-13-11-16(20)10-9-15(13)12-19(21)18-8-4-6-14-5-2-3-7-17(14)18/h2-8,10-12H,9H2,1H3. The fourth-order valence-electron chi connectivity index (χ4n) is 2.58. The topological polar surface area (TPSA) is 17.1 Å². The SMILES string of the molecule is CC1=CC(Br)=CCC1=CC(=O)c1cccc2ccccc12. The van der Waals surface area contributed by atoms with E-state index in [0.29, 0.717) is 0 Å². The number of carbonyl (C=O) groups excluding carboxylic acids is 1. The molecule has 0 spiro atoms. The molecule has 0 radical (unpaired) electrons. The van der Waals surface area contributed by atoms with E-state index in [2.05, 4.69) is 22.0 Å². The zero-order chi connectivity index (χ0) is 14.8. The molecule has 0 aliphatic heterocycles. The second-order valence-electron chi connectivity index (χ2n) is 5.18. The summed E-state index contributed by atoms with van der Waals surface area (Å²) in [7, 11) is 0. The number of rotatable bonds is 2. The first-order chi connectivity index (χ1) is 10.1. The van der Waals surface area contributed by atoms with Gasteiger partial charge in [0.1, 0.15) is 0 Å². The molecular weight excluding hydrogens is 324 g/mol. The number of hydrogen-bond donors (Lipinski definition) is 0. The normalized spacial score (nSPS) is 16.8. The molecule has 0 amide bonds. The van der Waals surface area contributed by atoms with Gasteiger partial charge in [0.15, 0.2) is 5.78 Å². The summed E-state index contributed by atoms with van der Waals surface area (Å²) in [5, 5.41) is 2.11. The zero-order valence-corrected chi connectivity index (χ0v) is 13.4. The first-order valence-electron chi connectivity index (χ1n) is 6.92. The Balaban J connectivity index is 2.01. The fourth-order valence-corrected chi connectivity index (χ4v) is 3.08. The van der Waals surface area contributed by atoms with E-state index in [1.54, 1.807) is 6.08 Å². The predicted octanol–water partition coefficient (Wildman–Crippen LogP) is 5.58. The van der Waals surface area contributed by atoms with E-state index in [-0.39, 0.29) is 5.78 Å². The van der Waals surface area contributed by atoms with Crippen molar-refractivity contribution in [1.82, 2.24) is 0 Å². The number of hydrogen-bond acceptors (Lipinski definition) is 1. The van der Waals surface area contributed by atoms with E-state index >= 15 is 0 Å². The smallest absolute Gasteiger partial charge is 0.186 e. The summed E-state index contributed by atoms with van der Waals surface area (Å²) in [5.41, 5.74) is 2.98. The molecule has 0 unspecified atom stereocenters. The highest BCUT2D eigenvalue weighted by atomic mass is 79.9. The third kappa shape index (κ3) is 2.91. The first-order valence-corrected chi connectivity index (χ1v) is 7.71. The van der Waals surface area contributed by atoms with Crippen LogP contribution in [-0.2, 0) is 0 Å². The van der Waals surface area contributed by atoms with Gasteiger partial charge in [-0.05, 0) is 47.4 Å². The minimum absolute atomic E-state index is 0.0703. The summed E-state index contributed by atoms with van der Waals surface area (Å²) in [6, 6.07) is 13.9. The van der Waals surface area contributed by atoms with Gasteiger partial charge in [0.05, 0.1) is 0 Å². The van der Waals surface area contributed by atoms with Crippen LogP contribution < -0.4 is 0 Å².